The Hall–Kier alpha value is -2.74. The molecule has 1 N–H and O–H groups in total. The highest BCUT2D eigenvalue weighted by molar-refractivity contribution is 7.92. The van der Waals surface area contributed by atoms with Crippen LogP contribution in [0.15, 0.2) is 36.4 Å². The molecule has 7 nitrogen and oxygen atoms in total. The Morgan fingerprint density at radius 2 is 1.68 bits per heavy atom. The van der Waals surface area contributed by atoms with Crippen LogP contribution in [0.2, 0.25) is 0 Å². The number of nitrogens with one attached hydrogen (secondary N) is 1. The van der Waals surface area contributed by atoms with Gasteiger partial charge in [0.15, 0.2) is 11.5 Å². The number of rotatable bonds is 8. The second-order valence-corrected chi connectivity index (χ2v) is 8.35. The quantitative estimate of drug-likeness (QED) is 0.727. The molecule has 0 unspecified atom stereocenters. The maximum absolute atomic E-state index is 13.1. The van der Waals surface area contributed by atoms with Crippen molar-refractivity contribution in [2.24, 2.45) is 0 Å². The van der Waals surface area contributed by atoms with Crippen molar-refractivity contribution >= 4 is 27.3 Å². The van der Waals surface area contributed by atoms with Gasteiger partial charge in [0.1, 0.15) is 0 Å². The third-order valence-corrected chi connectivity index (χ3v) is 6.28. The van der Waals surface area contributed by atoms with Crippen LogP contribution in [0.1, 0.15) is 29.8 Å². The highest BCUT2D eigenvalue weighted by Gasteiger charge is 2.25. The van der Waals surface area contributed by atoms with E-state index in [0.29, 0.717) is 17.2 Å². The van der Waals surface area contributed by atoms with Gasteiger partial charge in [0, 0.05) is 18.8 Å². The number of carbonyl (C=O) groups excluding carboxylic acids is 1. The van der Waals surface area contributed by atoms with Crippen molar-refractivity contribution < 1.29 is 22.7 Å². The van der Waals surface area contributed by atoms with Crippen molar-refractivity contribution in [1.82, 2.24) is 0 Å². The van der Waals surface area contributed by atoms with Gasteiger partial charge >= 0.3 is 0 Å². The lowest BCUT2D eigenvalue weighted by Crippen LogP contribution is -2.30. The number of sulfonamides is 1. The molecule has 0 heterocycles. The maximum atomic E-state index is 13.1. The molecule has 1 amide bonds. The molecule has 0 bridgehead atoms. The first-order valence-electron chi connectivity index (χ1n) is 8.90. The Kier molecular flexibility index (Phi) is 6.90. The van der Waals surface area contributed by atoms with Crippen molar-refractivity contribution in [3.8, 4) is 11.5 Å². The van der Waals surface area contributed by atoms with Gasteiger partial charge in [0.25, 0.3) is 5.91 Å². The Morgan fingerprint density at radius 1 is 1.07 bits per heavy atom. The molecule has 0 aliphatic heterocycles. The fourth-order valence-corrected chi connectivity index (χ4v) is 3.63. The second kappa shape index (κ2) is 8.97. The number of benzene rings is 2. The van der Waals surface area contributed by atoms with Crippen LogP contribution in [0.3, 0.4) is 0 Å². The lowest BCUT2D eigenvalue weighted by molar-refractivity contribution is 0.102. The molecular weight excluding hydrogens is 380 g/mol. The van der Waals surface area contributed by atoms with E-state index in [1.165, 1.54) is 33.4 Å². The highest BCUT2D eigenvalue weighted by atomic mass is 32.2. The van der Waals surface area contributed by atoms with Crippen molar-refractivity contribution in [3.05, 3.63) is 47.5 Å². The largest absolute Gasteiger partial charge is 0.493 e. The zero-order valence-corrected chi connectivity index (χ0v) is 17.6. The summed E-state index contributed by atoms with van der Waals surface area (Å²) in [6, 6.07) is 10.4. The summed E-state index contributed by atoms with van der Waals surface area (Å²) < 4.78 is 36.5. The maximum Gasteiger partial charge on any atom is 0.257 e. The summed E-state index contributed by atoms with van der Waals surface area (Å²) in [6.45, 7) is 3.54. The van der Waals surface area contributed by atoms with Gasteiger partial charge in [0.05, 0.1) is 31.2 Å². The van der Waals surface area contributed by atoms with Gasteiger partial charge in [-0.25, -0.2) is 8.42 Å². The summed E-state index contributed by atoms with van der Waals surface area (Å²) in [7, 11) is 0.741. The van der Waals surface area contributed by atoms with Crippen molar-refractivity contribution in [1.29, 1.82) is 0 Å². The predicted octanol–water partition coefficient (Wildman–Crippen LogP) is 3.30. The number of amides is 1. The van der Waals surface area contributed by atoms with Gasteiger partial charge in [-0.3, -0.25) is 9.10 Å². The van der Waals surface area contributed by atoms with E-state index in [2.05, 4.69) is 5.32 Å². The molecule has 0 atom stereocenters. The monoisotopic (exact) mass is 406 g/mol. The van der Waals surface area contributed by atoms with E-state index in [0.717, 1.165) is 16.3 Å². The molecule has 0 aromatic heterocycles. The SMILES string of the molecule is CCc1ccccc1NC(=O)c1cc(OC)c(OC)cc1N(C)S(=O)(=O)CC. The molecule has 0 spiro atoms. The fourth-order valence-electron chi connectivity index (χ4n) is 2.79. The average Bonchev–Trinajstić information content (AvgIpc) is 2.72. The van der Waals surface area contributed by atoms with E-state index in [1.807, 2.05) is 31.2 Å². The zero-order valence-electron chi connectivity index (χ0n) is 16.8. The molecule has 2 aromatic rings. The Morgan fingerprint density at radius 3 is 2.25 bits per heavy atom. The van der Waals surface area contributed by atoms with Gasteiger partial charge in [0.2, 0.25) is 10.0 Å². The highest BCUT2D eigenvalue weighted by Crippen LogP contribution is 2.36. The molecule has 8 heteroatoms. The van der Waals surface area contributed by atoms with Crippen LogP contribution in [0.5, 0.6) is 11.5 Å². The van der Waals surface area contributed by atoms with Crippen molar-refractivity contribution in [2.75, 3.05) is 36.6 Å². The first kappa shape index (κ1) is 21.6. The lowest BCUT2D eigenvalue weighted by atomic mass is 10.1. The smallest absolute Gasteiger partial charge is 0.257 e. The van der Waals surface area contributed by atoms with E-state index < -0.39 is 15.9 Å². The topological polar surface area (TPSA) is 84.9 Å². The molecule has 2 rings (SSSR count). The summed E-state index contributed by atoms with van der Waals surface area (Å²) in [5, 5.41) is 2.87. The van der Waals surface area contributed by atoms with E-state index >= 15 is 0 Å². The summed E-state index contributed by atoms with van der Waals surface area (Å²) in [6.07, 6.45) is 0.749. The molecule has 0 saturated heterocycles. The van der Waals surface area contributed by atoms with Gasteiger partial charge in [-0.15, -0.1) is 0 Å². The summed E-state index contributed by atoms with van der Waals surface area (Å²) in [5.41, 5.74) is 2.04. The average molecular weight is 407 g/mol. The summed E-state index contributed by atoms with van der Waals surface area (Å²) in [4.78, 5) is 13.1. The van der Waals surface area contributed by atoms with Crippen LogP contribution in [-0.2, 0) is 16.4 Å². The van der Waals surface area contributed by atoms with E-state index in [9.17, 15) is 13.2 Å². The van der Waals surface area contributed by atoms with Crippen LogP contribution in [-0.4, -0.2) is 41.3 Å². The molecule has 0 radical (unpaired) electrons. The second-order valence-electron chi connectivity index (χ2n) is 6.06. The molecule has 0 aliphatic carbocycles. The van der Waals surface area contributed by atoms with Crippen molar-refractivity contribution in [3.63, 3.8) is 0 Å². The first-order valence-corrected chi connectivity index (χ1v) is 10.5. The van der Waals surface area contributed by atoms with Crippen LogP contribution in [0.25, 0.3) is 0 Å². The number of anilines is 2. The van der Waals surface area contributed by atoms with Crippen LogP contribution < -0.4 is 19.1 Å². The predicted molar refractivity (Wildman–Crippen MR) is 111 cm³/mol. The van der Waals surface area contributed by atoms with Gasteiger partial charge in [-0.05, 0) is 31.0 Å². The van der Waals surface area contributed by atoms with Crippen LogP contribution in [0, 0.1) is 0 Å². The van der Waals surface area contributed by atoms with Crippen molar-refractivity contribution in [2.45, 2.75) is 20.3 Å². The minimum absolute atomic E-state index is 0.0996. The molecule has 28 heavy (non-hydrogen) atoms. The van der Waals surface area contributed by atoms with Gasteiger partial charge in [-0.1, -0.05) is 25.1 Å². The third-order valence-electron chi connectivity index (χ3n) is 4.51. The van der Waals surface area contributed by atoms with E-state index in [1.54, 1.807) is 6.92 Å². The number of carbonyl (C=O) groups is 1. The summed E-state index contributed by atoms with van der Waals surface area (Å²) in [5.74, 6) is 0.135. The van der Waals surface area contributed by atoms with Crippen LogP contribution >= 0.6 is 0 Å². The van der Waals surface area contributed by atoms with Crippen LogP contribution in [0.4, 0.5) is 11.4 Å². The minimum Gasteiger partial charge on any atom is -0.493 e. The van der Waals surface area contributed by atoms with Gasteiger partial charge in [-0.2, -0.15) is 0 Å². The number of nitrogens with zero attached hydrogens (tertiary/aromatic N) is 1. The number of methoxy groups -OCH3 is 2. The standard InChI is InChI=1S/C20H26N2O5S/c1-6-14-10-8-9-11-16(14)21-20(23)15-12-18(26-4)19(27-5)13-17(15)22(3)28(24,25)7-2/h8-13H,6-7H2,1-5H3,(H,21,23). The Balaban J connectivity index is 2.58. The third kappa shape index (κ3) is 4.39. The number of hydrogen-bond donors (Lipinski definition) is 1. The zero-order chi connectivity index (χ0) is 20.9. The van der Waals surface area contributed by atoms with Gasteiger partial charge < -0.3 is 14.8 Å². The Labute approximate surface area is 166 Å². The van der Waals surface area contributed by atoms with E-state index in [4.69, 9.17) is 9.47 Å². The number of aryl methyl sites for hydroxylation is 1. The molecule has 2 aromatic carbocycles. The first-order chi connectivity index (χ1) is 13.3. The Bertz CT molecular complexity index is 957. The van der Waals surface area contributed by atoms with E-state index in [-0.39, 0.29) is 17.0 Å². The normalized spacial score (nSPS) is 11.0. The summed E-state index contributed by atoms with van der Waals surface area (Å²) >= 11 is 0. The number of ether oxygens (including phenoxy) is 2. The molecule has 152 valence electrons. The fraction of sp³-hybridized carbons (Fsp3) is 0.350. The molecular formula is C20H26N2O5S. The number of hydrogen-bond acceptors (Lipinski definition) is 5. The molecule has 0 saturated carbocycles. The lowest BCUT2D eigenvalue weighted by Gasteiger charge is -2.23. The molecule has 0 aliphatic rings. The molecule has 0 fully saturated rings. The number of para-hydroxylation sites is 1. The minimum atomic E-state index is -3.58.